The van der Waals surface area contributed by atoms with E-state index in [-0.39, 0.29) is 12.0 Å². The molecule has 2 atom stereocenters. The van der Waals surface area contributed by atoms with Gasteiger partial charge in [-0.25, -0.2) is 0 Å². The standard InChI is InChI=1S/C18H29NO4/c1-3-8-18(14-20)9-10-19(13-17(18)21)11-12-23-16-7-5-4-6-15(16)22-2/h4-7,17,20-21H,3,8-14H2,1-2H3/t17-,18-/m1/s1. The van der Waals surface area contributed by atoms with E-state index in [1.54, 1.807) is 7.11 Å². The summed E-state index contributed by atoms with van der Waals surface area (Å²) in [7, 11) is 1.63. The van der Waals surface area contributed by atoms with Crippen molar-refractivity contribution in [2.45, 2.75) is 32.3 Å². The molecule has 23 heavy (non-hydrogen) atoms. The summed E-state index contributed by atoms with van der Waals surface area (Å²) >= 11 is 0. The van der Waals surface area contributed by atoms with Gasteiger partial charge in [-0.3, -0.25) is 4.90 Å². The average molecular weight is 323 g/mol. The van der Waals surface area contributed by atoms with E-state index in [4.69, 9.17) is 9.47 Å². The van der Waals surface area contributed by atoms with E-state index in [1.807, 2.05) is 24.3 Å². The first-order chi connectivity index (χ1) is 11.1. The fraction of sp³-hybridized carbons (Fsp3) is 0.667. The number of methoxy groups -OCH3 is 1. The van der Waals surface area contributed by atoms with Crippen molar-refractivity contribution in [1.29, 1.82) is 0 Å². The summed E-state index contributed by atoms with van der Waals surface area (Å²) in [6.07, 6.45) is 2.20. The van der Waals surface area contributed by atoms with Gasteiger partial charge in [0.1, 0.15) is 6.61 Å². The predicted molar refractivity (Wildman–Crippen MR) is 90.0 cm³/mol. The van der Waals surface area contributed by atoms with Crippen LogP contribution in [0.2, 0.25) is 0 Å². The summed E-state index contributed by atoms with van der Waals surface area (Å²) in [5.41, 5.74) is -0.325. The summed E-state index contributed by atoms with van der Waals surface area (Å²) < 4.78 is 11.1. The average Bonchev–Trinajstić information content (AvgIpc) is 2.58. The highest BCUT2D eigenvalue weighted by Gasteiger charge is 2.40. The number of aliphatic hydroxyl groups excluding tert-OH is 2. The summed E-state index contributed by atoms with van der Waals surface area (Å²) in [5, 5.41) is 20.2. The first-order valence-corrected chi connectivity index (χ1v) is 8.42. The summed E-state index contributed by atoms with van der Waals surface area (Å²) in [6, 6.07) is 7.60. The van der Waals surface area contributed by atoms with Crippen LogP contribution in [-0.4, -0.2) is 61.2 Å². The van der Waals surface area contributed by atoms with Crippen LogP contribution < -0.4 is 9.47 Å². The Morgan fingerprint density at radius 2 is 2.04 bits per heavy atom. The molecule has 1 heterocycles. The number of nitrogens with zero attached hydrogens (tertiary/aromatic N) is 1. The predicted octanol–water partition coefficient (Wildman–Crippen LogP) is 1.92. The van der Waals surface area contributed by atoms with E-state index in [9.17, 15) is 10.2 Å². The Balaban J connectivity index is 1.82. The van der Waals surface area contributed by atoms with E-state index < -0.39 is 6.10 Å². The monoisotopic (exact) mass is 323 g/mol. The third-order valence-electron chi connectivity index (χ3n) is 4.86. The highest BCUT2D eigenvalue weighted by molar-refractivity contribution is 5.39. The Morgan fingerprint density at radius 1 is 1.30 bits per heavy atom. The molecular weight excluding hydrogens is 294 g/mol. The number of likely N-dealkylation sites (tertiary alicyclic amines) is 1. The lowest BCUT2D eigenvalue weighted by atomic mass is 9.73. The van der Waals surface area contributed by atoms with Crippen LogP contribution in [-0.2, 0) is 0 Å². The maximum absolute atomic E-state index is 10.5. The third kappa shape index (κ3) is 4.37. The lowest BCUT2D eigenvalue weighted by Gasteiger charge is -2.44. The minimum atomic E-state index is -0.479. The van der Waals surface area contributed by atoms with Crippen LogP contribution in [0.3, 0.4) is 0 Å². The van der Waals surface area contributed by atoms with Crippen molar-refractivity contribution < 1.29 is 19.7 Å². The molecule has 0 unspecified atom stereocenters. The number of hydrogen-bond donors (Lipinski definition) is 2. The molecule has 0 aliphatic carbocycles. The topological polar surface area (TPSA) is 62.2 Å². The van der Waals surface area contributed by atoms with Crippen LogP contribution in [0.4, 0.5) is 0 Å². The second kappa shape index (κ2) is 8.52. The molecule has 0 amide bonds. The Hall–Kier alpha value is -1.30. The molecule has 0 radical (unpaired) electrons. The van der Waals surface area contributed by atoms with Gasteiger partial charge < -0.3 is 19.7 Å². The van der Waals surface area contributed by atoms with Crippen LogP contribution in [0.1, 0.15) is 26.2 Å². The molecule has 1 saturated heterocycles. The summed E-state index contributed by atoms with van der Waals surface area (Å²) in [4.78, 5) is 2.20. The van der Waals surface area contributed by atoms with Crippen molar-refractivity contribution in [3.8, 4) is 11.5 Å². The molecule has 1 aromatic rings. The van der Waals surface area contributed by atoms with Crippen LogP contribution in [0.15, 0.2) is 24.3 Å². The molecule has 0 saturated carbocycles. The molecule has 1 fully saturated rings. The number of piperidine rings is 1. The smallest absolute Gasteiger partial charge is 0.161 e. The molecule has 130 valence electrons. The zero-order valence-corrected chi connectivity index (χ0v) is 14.2. The number of ether oxygens (including phenoxy) is 2. The van der Waals surface area contributed by atoms with Gasteiger partial charge in [-0.05, 0) is 31.5 Å². The molecule has 1 aliphatic rings. The first kappa shape index (κ1) is 18.0. The van der Waals surface area contributed by atoms with Crippen molar-refractivity contribution in [2.75, 3.05) is 40.0 Å². The molecule has 5 heteroatoms. The fourth-order valence-corrected chi connectivity index (χ4v) is 3.36. The van der Waals surface area contributed by atoms with Gasteiger partial charge in [0.2, 0.25) is 0 Å². The highest BCUT2D eigenvalue weighted by atomic mass is 16.5. The molecule has 0 bridgehead atoms. The van der Waals surface area contributed by atoms with E-state index in [2.05, 4.69) is 11.8 Å². The largest absolute Gasteiger partial charge is 0.493 e. The second-order valence-electron chi connectivity index (χ2n) is 6.34. The molecule has 5 nitrogen and oxygen atoms in total. The Morgan fingerprint density at radius 3 is 2.65 bits per heavy atom. The van der Waals surface area contributed by atoms with E-state index in [1.165, 1.54) is 0 Å². The maximum atomic E-state index is 10.5. The van der Waals surface area contributed by atoms with Crippen molar-refractivity contribution in [3.05, 3.63) is 24.3 Å². The summed E-state index contributed by atoms with van der Waals surface area (Å²) in [6.45, 7) is 4.93. The normalized spacial score (nSPS) is 25.3. The number of hydrogen-bond acceptors (Lipinski definition) is 5. The third-order valence-corrected chi connectivity index (χ3v) is 4.86. The lowest BCUT2D eigenvalue weighted by molar-refractivity contribution is -0.0798. The van der Waals surface area contributed by atoms with Gasteiger partial charge in [-0.2, -0.15) is 0 Å². The number of β-amino-alcohol motifs (C(OH)–C–C–N with tert-alkyl or cyclic N) is 1. The zero-order valence-electron chi connectivity index (χ0n) is 14.2. The molecule has 1 aliphatic heterocycles. The zero-order chi connectivity index (χ0) is 16.7. The van der Waals surface area contributed by atoms with Gasteiger partial charge in [0.25, 0.3) is 0 Å². The van der Waals surface area contributed by atoms with Crippen LogP contribution in [0.25, 0.3) is 0 Å². The number of benzene rings is 1. The quantitative estimate of drug-likeness (QED) is 0.765. The van der Waals surface area contributed by atoms with Crippen molar-refractivity contribution >= 4 is 0 Å². The van der Waals surface area contributed by atoms with Gasteiger partial charge in [-0.15, -0.1) is 0 Å². The van der Waals surface area contributed by atoms with Crippen LogP contribution >= 0.6 is 0 Å². The van der Waals surface area contributed by atoms with Gasteiger partial charge in [-0.1, -0.05) is 25.5 Å². The highest BCUT2D eigenvalue weighted by Crippen LogP contribution is 2.36. The van der Waals surface area contributed by atoms with Crippen LogP contribution in [0.5, 0.6) is 11.5 Å². The van der Waals surface area contributed by atoms with E-state index in [0.29, 0.717) is 13.2 Å². The van der Waals surface area contributed by atoms with Crippen molar-refractivity contribution in [3.63, 3.8) is 0 Å². The fourth-order valence-electron chi connectivity index (χ4n) is 3.36. The van der Waals surface area contributed by atoms with Gasteiger partial charge in [0.05, 0.1) is 19.8 Å². The molecule has 2 N–H and O–H groups in total. The second-order valence-corrected chi connectivity index (χ2v) is 6.34. The number of rotatable bonds is 8. The van der Waals surface area contributed by atoms with Crippen molar-refractivity contribution in [1.82, 2.24) is 4.90 Å². The molecule has 2 rings (SSSR count). The number of aliphatic hydroxyl groups is 2. The Kier molecular flexibility index (Phi) is 6.69. The SMILES string of the molecule is CCC[C@]1(CO)CCN(CCOc2ccccc2OC)C[C@H]1O. The van der Waals surface area contributed by atoms with Gasteiger partial charge in [0, 0.05) is 18.5 Å². The minimum absolute atomic E-state index is 0.0631. The van der Waals surface area contributed by atoms with Gasteiger partial charge in [0.15, 0.2) is 11.5 Å². The van der Waals surface area contributed by atoms with Crippen molar-refractivity contribution in [2.24, 2.45) is 5.41 Å². The Labute approximate surface area is 138 Å². The molecular formula is C18H29NO4. The molecule has 0 spiro atoms. The lowest BCUT2D eigenvalue weighted by Crippen LogP contribution is -2.53. The van der Waals surface area contributed by atoms with Crippen LogP contribution in [0, 0.1) is 5.41 Å². The number of para-hydroxylation sites is 2. The molecule has 0 aromatic heterocycles. The van der Waals surface area contributed by atoms with E-state index >= 15 is 0 Å². The first-order valence-electron chi connectivity index (χ1n) is 8.42. The van der Waals surface area contributed by atoms with E-state index in [0.717, 1.165) is 43.9 Å². The summed E-state index contributed by atoms with van der Waals surface area (Å²) in [5.74, 6) is 1.47. The Bertz CT molecular complexity index is 482. The maximum Gasteiger partial charge on any atom is 0.161 e. The molecule has 1 aromatic carbocycles. The minimum Gasteiger partial charge on any atom is -0.493 e. The van der Waals surface area contributed by atoms with Gasteiger partial charge >= 0.3 is 0 Å².